The molecule has 0 unspecified atom stereocenters. The van der Waals surface area contributed by atoms with Crippen molar-refractivity contribution in [3.8, 4) is 0 Å². The average molecular weight is 733 g/mol. The summed E-state index contributed by atoms with van der Waals surface area (Å²) in [6.45, 7) is 5.13. The van der Waals surface area contributed by atoms with E-state index in [1.54, 1.807) is 27.7 Å². The van der Waals surface area contributed by atoms with Crippen molar-refractivity contribution in [2.45, 2.75) is 102 Å². The lowest BCUT2D eigenvalue weighted by Crippen LogP contribution is -2.61. The molecule has 0 bridgehead atoms. The Morgan fingerprint density at radius 3 is 1.51 bits per heavy atom. The second-order valence-electron chi connectivity index (χ2n) is 12.2. The van der Waals surface area contributed by atoms with Gasteiger partial charge in [-0.15, -0.1) is 0 Å². The van der Waals surface area contributed by atoms with Crippen LogP contribution < -0.4 is 43.4 Å². The highest BCUT2D eigenvalue weighted by Gasteiger charge is 2.35. The minimum absolute atomic E-state index is 0.113. The zero-order valence-electron chi connectivity index (χ0n) is 29.1. The van der Waals surface area contributed by atoms with E-state index >= 15 is 0 Å². The van der Waals surface area contributed by atoms with E-state index in [9.17, 15) is 58.5 Å². The minimum Gasteiger partial charge on any atom is -0.481 e. The number of aliphatic hydroxyl groups excluding tert-OH is 1. The van der Waals surface area contributed by atoms with Gasteiger partial charge in [-0.05, 0) is 37.6 Å². The van der Waals surface area contributed by atoms with Gasteiger partial charge in [-0.25, -0.2) is 0 Å². The third-order valence-corrected chi connectivity index (χ3v) is 7.65. The minimum atomic E-state index is -1.92. The second kappa shape index (κ2) is 23.5. The van der Waals surface area contributed by atoms with Crippen LogP contribution in [0.5, 0.6) is 0 Å². The SMILES string of the molecule is CC[C@H](C)[C@H](NC(=O)[C@@H](N)C(C)C)C(=O)N[C@@H](CC(=O)O)C(=O)N[C@@H](CC(=O)O)C(=O)N[C@@H](CCCCN)C(=O)N[C@@H](CO)C(=O)NCC(=O)O. The number of aliphatic hydroxyl groups is 1. The van der Waals surface area contributed by atoms with Crippen molar-refractivity contribution >= 4 is 53.4 Å². The molecule has 0 fully saturated rings. The van der Waals surface area contributed by atoms with Gasteiger partial charge in [0.1, 0.15) is 36.8 Å². The number of carbonyl (C=O) groups excluding carboxylic acids is 6. The van der Waals surface area contributed by atoms with Gasteiger partial charge in [0.2, 0.25) is 35.4 Å². The Balaban J connectivity index is 6.21. The second-order valence-corrected chi connectivity index (χ2v) is 12.2. The number of carbonyl (C=O) groups is 9. The maximum atomic E-state index is 13.3. The highest BCUT2D eigenvalue weighted by molar-refractivity contribution is 5.98. The summed E-state index contributed by atoms with van der Waals surface area (Å²) >= 11 is 0. The van der Waals surface area contributed by atoms with Crippen LogP contribution in [0.3, 0.4) is 0 Å². The smallest absolute Gasteiger partial charge is 0.322 e. The molecule has 0 spiro atoms. The van der Waals surface area contributed by atoms with Gasteiger partial charge in [-0.1, -0.05) is 34.1 Å². The lowest BCUT2D eigenvalue weighted by molar-refractivity contribution is -0.144. The molecule has 290 valence electrons. The molecule has 0 aromatic heterocycles. The Morgan fingerprint density at radius 2 is 1.08 bits per heavy atom. The number of aliphatic carboxylic acids is 3. The summed E-state index contributed by atoms with van der Waals surface area (Å²) in [5, 5.41) is 50.5. The predicted molar refractivity (Wildman–Crippen MR) is 177 cm³/mol. The van der Waals surface area contributed by atoms with E-state index in [1.165, 1.54) is 0 Å². The van der Waals surface area contributed by atoms with E-state index in [0.717, 1.165) is 0 Å². The number of amides is 6. The van der Waals surface area contributed by atoms with E-state index in [2.05, 4.69) is 26.6 Å². The number of rotatable bonds is 25. The number of carboxylic acid groups (broad SMARTS) is 3. The fourth-order valence-corrected chi connectivity index (χ4v) is 4.34. The highest BCUT2D eigenvalue weighted by Crippen LogP contribution is 2.11. The standard InChI is InChI=1S/C30H52N8O13/c1-5-15(4)24(38-29(50)23(32)14(2)3)30(51)36-18(11-21(42)43)28(49)35-17(10-20(40)41)27(48)34-16(8-6-7-9-31)26(47)37-19(13-39)25(46)33-12-22(44)45/h14-19,23-24,39H,5-13,31-32H2,1-4H3,(H,33,46)(H,34,48)(H,35,49)(H,36,51)(H,37,47)(H,38,50)(H,40,41)(H,42,43)(H,44,45)/t15-,16-,17-,18-,19-,23-,24-/m0/s1. The summed E-state index contributed by atoms with van der Waals surface area (Å²) in [5.74, 6) is -11.5. The van der Waals surface area contributed by atoms with Crippen molar-refractivity contribution < 1.29 is 63.6 Å². The first-order chi connectivity index (χ1) is 23.8. The van der Waals surface area contributed by atoms with Crippen molar-refractivity contribution in [3.05, 3.63) is 0 Å². The summed E-state index contributed by atoms with van der Waals surface area (Å²) in [6, 6.07) is -9.14. The number of hydrogen-bond acceptors (Lipinski definition) is 12. The molecule has 0 aromatic carbocycles. The summed E-state index contributed by atoms with van der Waals surface area (Å²) in [5.41, 5.74) is 11.4. The van der Waals surface area contributed by atoms with Gasteiger partial charge in [0.25, 0.3) is 0 Å². The molecule has 0 saturated carbocycles. The van der Waals surface area contributed by atoms with Crippen LogP contribution in [0.25, 0.3) is 0 Å². The van der Waals surface area contributed by atoms with Gasteiger partial charge in [0.05, 0.1) is 25.5 Å². The van der Waals surface area contributed by atoms with Crippen LogP contribution in [0.1, 0.15) is 66.2 Å². The topological polar surface area (TPSA) is 359 Å². The number of nitrogens with two attached hydrogens (primary N) is 2. The molecule has 21 nitrogen and oxygen atoms in total. The zero-order valence-corrected chi connectivity index (χ0v) is 29.1. The molecule has 0 radical (unpaired) electrons. The van der Waals surface area contributed by atoms with Crippen LogP contribution in [-0.4, -0.2) is 130 Å². The highest BCUT2D eigenvalue weighted by atomic mass is 16.4. The Labute approximate surface area is 294 Å². The molecule has 0 heterocycles. The number of hydrogen-bond donors (Lipinski definition) is 12. The van der Waals surface area contributed by atoms with E-state index in [4.69, 9.17) is 16.6 Å². The maximum absolute atomic E-state index is 13.3. The number of unbranched alkanes of at least 4 members (excludes halogenated alkanes) is 1. The quantitative estimate of drug-likeness (QED) is 0.0395. The normalized spacial score (nSPS) is 15.1. The van der Waals surface area contributed by atoms with Gasteiger partial charge in [-0.3, -0.25) is 43.2 Å². The van der Waals surface area contributed by atoms with Crippen molar-refractivity contribution in [1.29, 1.82) is 0 Å². The van der Waals surface area contributed by atoms with Crippen molar-refractivity contribution in [2.75, 3.05) is 19.7 Å². The third kappa shape index (κ3) is 17.6. The van der Waals surface area contributed by atoms with Gasteiger partial charge in [-0.2, -0.15) is 0 Å². The lowest BCUT2D eigenvalue weighted by Gasteiger charge is -2.28. The Bertz CT molecular complexity index is 1250. The average Bonchev–Trinajstić information content (AvgIpc) is 3.05. The largest absolute Gasteiger partial charge is 0.481 e. The summed E-state index contributed by atoms with van der Waals surface area (Å²) in [4.78, 5) is 112. The van der Waals surface area contributed by atoms with Crippen LogP contribution in [0.4, 0.5) is 0 Å². The molecule has 0 rings (SSSR count). The van der Waals surface area contributed by atoms with Crippen molar-refractivity contribution in [1.82, 2.24) is 31.9 Å². The Morgan fingerprint density at radius 1 is 0.608 bits per heavy atom. The Kier molecular flexibility index (Phi) is 21.2. The molecule has 7 atom stereocenters. The first kappa shape index (κ1) is 46.1. The maximum Gasteiger partial charge on any atom is 0.322 e. The van der Waals surface area contributed by atoms with E-state index in [-0.39, 0.29) is 25.3 Å². The van der Waals surface area contributed by atoms with E-state index in [1.807, 2.05) is 5.32 Å². The molecule has 0 aliphatic heterocycles. The predicted octanol–water partition coefficient (Wildman–Crippen LogP) is -4.29. The van der Waals surface area contributed by atoms with E-state index < -0.39 is 122 Å². The molecule has 51 heavy (non-hydrogen) atoms. The summed E-state index contributed by atoms with van der Waals surface area (Å²) in [7, 11) is 0. The molecule has 0 aliphatic rings. The first-order valence-corrected chi connectivity index (χ1v) is 16.3. The van der Waals surface area contributed by atoms with Crippen molar-refractivity contribution in [2.24, 2.45) is 23.3 Å². The van der Waals surface area contributed by atoms with Crippen molar-refractivity contribution in [3.63, 3.8) is 0 Å². The number of carboxylic acids is 3. The van der Waals surface area contributed by atoms with Gasteiger partial charge < -0.3 is 63.8 Å². The fourth-order valence-electron chi connectivity index (χ4n) is 4.34. The number of nitrogens with one attached hydrogen (secondary N) is 6. The molecule has 0 saturated heterocycles. The summed E-state index contributed by atoms with van der Waals surface area (Å²) in [6.07, 6.45) is -1.20. The molecule has 14 N–H and O–H groups in total. The monoisotopic (exact) mass is 732 g/mol. The first-order valence-electron chi connectivity index (χ1n) is 16.3. The van der Waals surface area contributed by atoms with Crippen LogP contribution in [-0.2, 0) is 43.2 Å². The summed E-state index contributed by atoms with van der Waals surface area (Å²) < 4.78 is 0. The molecule has 21 heteroatoms. The zero-order chi connectivity index (χ0) is 39.4. The molecule has 6 amide bonds. The van der Waals surface area contributed by atoms with E-state index in [0.29, 0.717) is 12.8 Å². The van der Waals surface area contributed by atoms with Crippen LogP contribution in [0.15, 0.2) is 0 Å². The molecular formula is C30H52N8O13. The van der Waals surface area contributed by atoms with Gasteiger partial charge in [0, 0.05) is 0 Å². The van der Waals surface area contributed by atoms with Crippen LogP contribution >= 0.6 is 0 Å². The molecule has 0 aromatic rings. The molecule has 0 aliphatic carbocycles. The lowest BCUT2D eigenvalue weighted by atomic mass is 9.96. The van der Waals surface area contributed by atoms with Gasteiger partial charge >= 0.3 is 17.9 Å². The van der Waals surface area contributed by atoms with Crippen LogP contribution in [0, 0.1) is 11.8 Å². The van der Waals surface area contributed by atoms with Crippen LogP contribution in [0.2, 0.25) is 0 Å². The fraction of sp³-hybridized carbons (Fsp3) is 0.700. The Hall–Kier alpha value is -4.89. The van der Waals surface area contributed by atoms with Gasteiger partial charge in [0.15, 0.2) is 0 Å². The molecular weight excluding hydrogens is 680 g/mol. The third-order valence-electron chi connectivity index (χ3n) is 7.65.